The minimum atomic E-state index is 0.214. The third-order valence-corrected chi connectivity index (χ3v) is 2.04. The van der Waals surface area contributed by atoms with Crippen molar-refractivity contribution < 1.29 is 0 Å². The maximum absolute atomic E-state index is 5.92. The first-order valence-electron chi connectivity index (χ1n) is 5.17. The molecule has 0 aliphatic carbocycles. The molecular weight excluding hydrogens is 188 g/mol. The molecule has 0 saturated carbocycles. The molecule has 0 aliphatic rings. The van der Waals surface area contributed by atoms with Gasteiger partial charge in [-0.1, -0.05) is 12.2 Å². The fraction of sp³-hybridized carbons (Fsp3) is 0.636. The van der Waals surface area contributed by atoms with Crippen molar-refractivity contribution in [2.24, 2.45) is 15.8 Å². The summed E-state index contributed by atoms with van der Waals surface area (Å²) in [6.07, 6.45) is 3.95. The number of nitrogens with two attached hydrogens (primary N) is 1. The highest BCUT2D eigenvalue weighted by molar-refractivity contribution is 6.40. The summed E-state index contributed by atoms with van der Waals surface area (Å²) >= 11 is 0. The van der Waals surface area contributed by atoms with Crippen molar-refractivity contribution in [1.29, 1.82) is 0 Å². The molecule has 0 radical (unpaired) electrons. The molecule has 2 N–H and O–H groups in total. The van der Waals surface area contributed by atoms with Crippen LogP contribution in [0.2, 0.25) is 0 Å². The van der Waals surface area contributed by atoms with E-state index in [-0.39, 0.29) is 6.04 Å². The average Bonchev–Trinajstić information content (AvgIpc) is 2.22. The summed E-state index contributed by atoms with van der Waals surface area (Å²) in [5.74, 6) is 6.67. The van der Waals surface area contributed by atoms with Gasteiger partial charge in [0.1, 0.15) is 0 Å². The Labute approximate surface area is 92.6 Å². The number of aliphatic imine (C=N–C) groups is 2. The highest BCUT2D eigenvalue weighted by atomic mass is 15.4. The zero-order chi connectivity index (χ0) is 11.8. The van der Waals surface area contributed by atoms with E-state index in [1.807, 2.05) is 39.8 Å². The molecule has 0 aromatic carbocycles. The maximum Gasteiger partial charge on any atom is 0.159 e. The molecule has 0 atom stereocenters. The van der Waals surface area contributed by atoms with Gasteiger partial charge in [-0.25, -0.2) is 5.84 Å². The van der Waals surface area contributed by atoms with E-state index in [4.69, 9.17) is 5.84 Å². The van der Waals surface area contributed by atoms with Gasteiger partial charge in [-0.3, -0.25) is 15.0 Å². The summed E-state index contributed by atoms with van der Waals surface area (Å²) in [6, 6.07) is 0.214. The second-order valence-corrected chi connectivity index (χ2v) is 3.54. The fourth-order valence-electron chi connectivity index (χ4n) is 0.972. The SMILES string of the molecule is C/C=C/CN=C(C(C)=NC)N(N)C(C)C. The number of hydrogen-bond donors (Lipinski definition) is 1. The number of allylic oxidation sites excluding steroid dienone is 1. The van der Waals surface area contributed by atoms with Crippen molar-refractivity contribution in [3.05, 3.63) is 12.2 Å². The van der Waals surface area contributed by atoms with Gasteiger partial charge in [0.05, 0.1) is 12.3 Å². The summed E-state index contributed by atoms with van der Waals surface area (Å²) < 4.78 is 0. The average molecular weight is 210 g/mol. The Bertz CT molecular complexity index is 264. The van der Waals surface area contributed by atoms with Crippen LogP contribution < -0.4 is 5.84 Å². The Hall–Kier alpha value is -1.16. The standard InChI is InChI=1S/C11H22N4/c1-6-7-8-14-11(10(4)13-5)15(12)9(2)3/h6-7,9H,8,12H2,1-5H3/b7-6+,13-10?,14-11?. The van der Waals surface area contributed by atoms with E-state index < -0.39 is 0 Å². The van der Waals surface area contributed by atoms with E-state index in [0.717, 1.165) is 11.5 Å². The predicted molar refractivity (Wildman–Crippen MR) is 67.3 cm³/mol. The van der Waals surface area contributed by atoms with Gasteiger partial charge in [-0.05, 0) is 27.7 Å². The Balaban J connectivity index is 4.80. The normalized spacial score (nSPS) is 14.1. The quantitative estimate of drug-likeness (QED) is 0.252. The van der Waals surface area contributed by atoms with Crippen molar-refractivity contribution in [2.45, 2.75) is 33.7 Å². The fourth-order valence-corrected chi connectivity index (χ4v) is 0.972. The maximum atomic E-state index is 5.92. The monoisotopic (exact) mass is 210 g/mol. The Morgan fingerprint density at radius 1 is 1.47 bits per heavy atom. The van der Waals surface area contributed by atoms with E-state index in [9.17, 15) is 0 Å². The highest BCUT2D eigenvalue weighted by Crippen LogP contribution is 1.97. The topological polar surface area (TPSA) is 54.0 Å². The molecule has 0 aliphatic heterocycles. The van der Waals surface area contributed by atoms with Gasteiger partial charge >= 0.3 is 0 Å². The molecule has 15 heavy (non-hydrogen) atoms. The van der Waals surface area contributed by atoms with Crippen LogP contribution in [0.15, 0.2) is 22.1 Å². The van der Waals surface area contributed by atoms with Gasteiger partial charge in [-0.15, -0.1) is 0 Å². The number of amidine groups is 1. The van der Waals surface area contributed by atoms with Crippen LogP contribution >= 0.6 is 0 Å². The number of hydrazine groups is 1. The number of hydrogen-bond acceptors (Lipinski definition) is 3. The molecule has 0 aromatic rings. The first-order valence-corrected chi connectivity index (χ1v) is 5.17. The van der Waals surface area contributed by atoms with Crippen molar-refractivity contribution >= 4 is 11.5 Å². The van der Waals surface area contributed by atoms with Crippen LogP contribution in [0, 0.1) is 0 Å². The Morgan fingerprint density at radius 2 is 2.07 bits per heavy atom. The van der Waals surface area contributed by atoms with E-state index in [1.54, 1.807) is 12.1 Å². The van der Waals surface area contributed by atoms with Crippen LogP contribution in [0.3, 0.4) is 0 Å². The van der Waals surface area contributed by atoms with E-state index in [2.05, 4.69) is 9.98 Å². The largest absolute Gasteiger partial charge is 0.291 e. The van der Waals surface area contributed by atoms with E-state index >= 15 is 0 Å². The van der Waals surface area contributed by atoms with Gasteiger partial charge in [0.15, 0.2) is 5.84 Å². The molecule has 0 saturated heterocycles. The third-order valence-electron chi connectivity index (χ3n) is 2.04. The molecule has 0 rings (SSSR count). The summed E-state index contributed by atoms with van der Waals surface area (Å²) in [6.45, 7) is 8.57. The van der Waals surface area contributed by atoms with Crippen molar-refractivity contribution in [3.8, 4) is 0 Å². The lowest BCUT2D eigenvalue weighted by atomic mass is 10.3. The second kappa shape index (κ2) is 7.17. The van der Waals surface area contributed by atoms with E-state index in [1.165, 1.54) is 0 Å². The van der Waals surface area contributed by atoms with Crippen LogP contribution in [0.4, 0.5) is 0 Å². The molecular formula is C11H22N4. The van der Waals surface area contributed by atoms with Crippen molar-refractivity contribution in [1.82, 2.24) is 5.01 Å². The summed E-state index contributed by atoms with van der Waals surface area (Å²) in [5, 5.41) is 1.64. The molecule has 0 bridgehead atoms. The zero-order valence-electron chi connectivity index (χ0n) is 10.4. The molecule has 4 nitrogen and oxygen atoms in total. The predicted octanol–water partition coefficient (Wildman–Crippen LogP) is 1.64. The zero-order valence-corrected chi connectivity index (χ0v) is 10.4. The van der Waals surface area contributed by atoms with Crippen LogP contribution in [-0.4, -0.2) is 36.2 Å². The first-order chi connectivity index (χ1) is 7.04. The minimum Gasteiger partial charge on any atom is -0.291 e. The summed E-state index contributed by atoms with van der Waals surface area (Å²) in [5.41, 5.74) is 0.857. The lowest BCUT2D eigenvalue weighted by molar-refractivity contribution is 0.367. The summed E-state index contributed by atoms with van der Waals surface area (Å²) in [7, 11) is 1.74. The van der Waals surface area contributed by atoms with Gasteiger partial charge in [0.2, 0.25) is 0 Å². The van der Waals surface area contributed by atoms with E-state index in [0.29, 0.717) is 6.54 Å². The number of rotatable bonds is 4. The van der Waals surface area contributed by atoms with Gasteiger partial charge in [0.25, 0.3) is 0 Å². The molecule has 0 amide bonds. The Kier molecular flexibility index (Phi) is 6.62. The molecule has 0 spiro atoms. The van der Waals surface area contributed by atoms with Crippen LogP contribution in [0.25, 0.3) is 0 Å². The lowest BCUT2D eigenvalue weighted by Crippen LogP contribution is -2.46. The molecule has 4 heteroatoms. The van der Waals surface area contributed by atoms with Crippen LogP contribution in [-0.2, 0) is 0 Å². The third kappa shape index (κ3) is 4.74. The van der Waals surface area contributed by atoms with Crippen molar-refractivity contribution in [3.63, 3.8) is 0 Å². The number of nitrogens with zero attached hydrogens (tertiary/aromatic N) is 3. The smallest absolute Gasteiger partial charge is 0.159 e. The first kappa shape index (κ1) is 13.8. The molecule has 0 unspecified atom stereocenters. The van der Waals surface area contributed by atoms with Crippen molar-refractivity contribution in [2.75, 3.05) is 13.6 Å². The van der Waals surface area contributed by atoms with Crippen LogP contribution in [0.5, 0.6) is 0 Å². The minimum absolute atomic E-state index is 0.214. The second-order valence-electron chi connectivity index (χ2n) is 3.54. The molecule has 86 valence electrons. The highest BCUT2D eigenvalue weighted by Gasteiger charge is 2.12. The van der Waals surface area contributed by atoms with Gasteiger partial charge in [-0.2, -0.15) is 0 Å². The summed E-state index contributed by atoms with van der Waals surface area (Å²) in [4.78, 5) is 8.52. The van der Waals surface area contributed by atoms with Gasteiger partial charge < -0.3 is 0 Å². The lowest BCUT2D eigenvalue weighted by Gasteiger charge is -2.24. The molecule has 0 heterocycles. The Morgan fingerprint density at radius 3 is 2.47 bits per heavy atom. The van der Waals surface area contributed by atoms with Crippen LogP contribution in [0.1, 0.15) is 27.7 Å². The molecule has 0 fully saturated rings. The molecule has 0 aromatic heterocycles. The van der Waals surface area contributed by atoms with Gasteiger partial charge in [0, 0.05) is 13.1 Å².